The van der Waals surface area contributed by atoms with E-state index < -0.39 is 5.60 Å². The van der Waals surface area contributed by atoms with E-state index in [1.807, 2.05) is 32.4 Å². The maximum absolute atomic E-state index is 12.5. The van der Waals surface area contributed by atoms with Crippen LogP contribution in [-0.2, 0) is 22.6 Å². The van der Waals surface area contributed by atoms with Crippen LogP contribution in [0.25, 0.3) is 0 Å². The highest BCUT2D eigenvalue weighted by molar-refractivity contribution is 5.96. The van der Waals surface area contributed by atoms with E-state index in [1.165, 1.54) is 0 Å². The van der Waals surface area contributed by atoms with Crippen LogP contribution in [0, 0.1) is 0 Å². The van der Waals surface area contributed by atoms with Gasteiger partial charge in [-0.3, -0.25) is 14.4 Å². The number of amides is 2. The minimum absolute atomic E-state index is 0.000685. The average molecular weight is 335 g/mol. The van der Waals surface area contributed by atoms with Gasteiger partial charge in [-0.25, -0.2) is 4.79 Å². The van der Waals surface area contributed by atoms with E-state index in [-0.39, 0.29) is 24.1 Å². The summed E-state index contributed by atoms with van der Waals surface area (Å²) in [4.78, 5) is 28.0. The molecule has 2 amide bonds. The van der Waals surface area contributed by atoms with E-state index >= 15 is 0 Å². The monoisotopic (exact) mass is 335 g/mol. The Labute approximate surface area is 141 Å². The van der Waals surface area contributed by atoms with Crippen molar-refractivity contribution in [3.8, 4) is 0 Å². The number of nitrogens with zero attached hydrogens (tertiary/aromatic N) is 4. The van der Waals surface area contributed by atoms with E-state index in [2.05, 4.69) is 5.10 Å². The molecule has 1 aromatic rings. The molecule has 8 nitrogen and oxygen atoms in total. The predicted octanol–water partition coefficient (Wildman–Crippen LogP) is 1.09. The van der Waals surface area contributed by atoms with Crippen molar-refractivity contribution in [2.24, 2.45) is 5.73 Å². The third kappa shape index (κ3) is 3.10. The summed E-state index contributed by atoms with van der Waals surface area (Å²) < 4.78 is 7.36. The summed E-state index contributed by atoms with van der Waals surface area (Å²) in [6, 6.07) is -0.186. The summed E-state index contributed by atoms with van der Waals surface area (Å²) in [6.45, 7) is 8.93. The number of fused-ring (bicyclic) bond motifs is 1. The molecular formula is C16H25N5O3. The minimum atomic E-state index is -0.547. The Morgan fingerprint density at radius 3 is 2.67 bits per heavy atom. The van der Waals surface area contributed by atoms with Crippen LogP contribution in [0.5, 0.6) is 0 Å². The molecule has 24 heavy (non-hydrogen) atoms. The normalized spacial score (nSPS) is 24.3. The fourth-order valence-corrected chi connectivity index (χ4v) is 3.15. The lowest BCUT2D eigenvalue weighted by molar-refractivity contribution is -0.117. The number of anilines is 1. The van der Waals surface area contributed by atoms with Crippen LogP contribution in [-0.4, -0.2) is 50.9 Å². The molecule has 2 atom stereocenters. The highest BCUT2D eigenvalue weighted by atomic mass is 16.6. The molecule has 2 N–H and O–H groups in total. The van der Waals surface area contributed by atoms with Gasteiger partial charge in [-0.15, -0.1) is 0 Å². The lowest BCUT2D eigenvalue weighted by Crippen LogP contribution is -2.47. The molecule has 0 bridgehead atoms. The Morgan fingerprint density at radius 2 is 2.08 bits per heavy atom. The van der Waals surface area contributed by atoms with Crippen molar-refractivity contribution < 1.29 is 14.3 Å². The molecule has 2 aliphatic heterocycles. The summed E-state index contributed by atoms with van der Waals surface area (Å²) in [5, 5.41) is 4.38. The van der Waals surface area contributed by atoms with Crippen molar-refractivity contribution in [1.29, 1.82) is 0 Å². The molecule has 2 unspecified atom stereocenters. The van der Waals surface area contributed by atoms with Gasteiger partial charge in [-0.05, 0) is 27.7 Å². The molecule has 3 rings (SSSR count). The molecule has 1 saturated heterocycles. The Balaban J connectivity index is 1.84. The zero-order valence-electron chi connectivity index (χ0n) is 14.7. The lowest BCUT2D eigenvalue weighted by Gasteiger charge is -2.36. The number of aromatic nitrogens is 2. The van der Waals surface area contributed by atoms with Gasteiger partial charge in [-0.2, -0.15) is 5.10 Å². The largest absolute Gasteiger partial charge is 0.444 e. The first kappa shape index (κ1) is 16.8. The van der Waals surface area contributed by atoms with Crippen LogP contribution in [0.1, 0.15) is 39.8 Å². The van der Waals surface area contributed by atoms with E-state index in [1.54, 1.807) is 16.0 Å². The highest BCUT2D eigenvalue weighted by Crippen LogP contribution is 2.30. The highest BCUT2D eigenvalue weighted by Gasteiger charge is 2.36. The van der Waals surface area contributed by atoms with Crippen LogP contribution < -0.4 is 10.6 Å². The second kappa shape index (κ2) is 5.77. The Morgan fingerprint density at radius 1 is 1.38 bits per heavy atom. The first-order valence-corrected chi connectivity index (χ1v) is 8.26. The second-order valence-electron chi connectivity index (χ2n) is 7.58. The van der Waals surface area contributed by atoms with E-state index in [0.29, 0.717) is 26.1 Å². The number of carbonyl (C=O) groups excluding carboxylic acids is 2. The third-order valence-electron chi connectivity index (χ3n) is 4.29. The van der Waals surface area contributed by atoms with Crippen molar-refractivity contribution in [2.75, 3.05) is 11.4 Å². The molecule has 1 fully saturated rings. The van der Waals surface area contributed by atoms with Crippen LogP contribution in [0.15, 0.2) is 6.20 Å². The predicted molar refractivity (Wildman–Crippen MR) is 88.4 cm³/mol. The maximum Gasteiger partial charge on any atom is 0.410 e. The number of hydrogen-bond acceptors (Lipinski definition) is 5. The Hall–Kier alpha value is -2.09. The molecule has 3 heterocycles. The van der Waals surface area contributed by atoms with Crippen molar-refractivity contribution in [1.82, 2.24) is 14.7 Å². The fourth-order valence-electron chi connectivity index (χ4n) is 3.15. The molecule has 0 saturated carbocycles. The summed E-state index contributed by atoms with van der Waals surface area (Å²) in [5.41, 5.74) is 6.94. The smallest absolute Gasteiger partial charge is 0.410 e. The zero-order chi connectivity index (χ0) is 17.6. The van der Waals surface area contributed by atoms with Gasteiger partial charge in [-0.1, -0.05) is 0 Å². The fraction of sp³-hybridized carbons (Fsp3) is 0.688. The summed E-state index contributed by atoms with van der Waals surface area (Å²) in [6.07, 6.45) is 1.69. The number of nitrogens with two attached hydrogens (primary N) is 1. The minimum Gasteiger partial charge on any atom is -0.444 e. The van der Waals surface area contributed by atoms with Gasteiger partial charge < -0.3 is 15.4 Å². The molecule has 0 spiro atoms. The van der Waals surface area contributed by atoms with Crippen molar-refractivity contribution >= 4 is 17.7 Å². The lowest BCUT2D eigenvalue weighted by atomic mass is 10.2. The standard InChI is InChI=1S/C16H25N5O3/c1-10-7-21-13(9-19(10)15(23)24-16(2,3)4)12(6-18-21)20-8-11(17)5-14(20)22/h6,10-11H,5,7-9,17H2,1-4H3. The zero-order valence-corrected chi connectivity index (χ0v) is 14.7. The van der Waals surface area contributed by atoms with Gasteiger partial charge in [0.15, 0.2) is 0 Å². The number of ether oxygens (including phenoxy) is 1. The summed E-state index contributed by atoms with van der Waals surface area (Å²) in [5.74, 6) is 0.000685. The second-order valence-corrected chi connectivity index (χ2v) is 7.58. The first-order chi connectivity index (χ1) is 11.2. The van der Waals surface area contributed by atoms with Crippen molar-refractivity contribution in [3.63, 3.8) is 0 Å². The SMILES string of the molecule is CC1Cn2ncc(N3CC(N)CC3=O)c2CN1C(=O)OC(C)(C)C. The first-order valence-electron chi connectivity index (χ1n) is 8.26. The van der Waals surface area contributed by atoms with Gasteiger partial charge in [0.05, 0.1) is 36.7 Å². The van der Waals surface area contributed by atoms with Crippen LogP contribution in [0.3, 0.4) is 0 Å². The van der Waals surface area contributed by atoms with E-state index in [9.17, 15) is 9.59 Å². The van der Waals surface area contributed by atoms with Crippen molar-refractivity contribution in [2.45, 2.75) is 64.9 Å². The molecule has 2 aliphatic rings. The molecule has 8 heteroatoms. The summed E-state index contributed by atoms with van der Waals surface area (Å²) >= 11 is 0. The van der Waals surface area contributed by atoms with Gasteiger partial charge in [0, 0.05) is 19.0 Å². The third-order valence-corrected chi connectivity index (χ3v) is 4.29. The Kier molecular flexibility index (Phi) is 4.03. The quantitative estimate of drug-likeness (QED) is 0.829. The van der Waals surface area contributed by atoms with Crippen LogP contribution in [0.2, 0.25) is 0 Å². The number of rotatable bonds is 1. The maximum atomic E-state index is 12.5. The summed E-state index contributed by atoms with van der Waals surface area (Å²) in [7, 11) is 0. The molecule has 0 radical (unpaired) electrons. The van der Waals surface area contributed by atoms with Crippen LogP contribution >= 0.6 is 0 Å². The molecule has 0 aromatic carbocycles. The van der Waals surface area contributed by atoms with Gasteiger partial charge in [0.2, 0.25) is 5.91 Å². The van der Waals surface area contributed by atoms with Gasteiger partial charge in [0.1, 0.15) is 5.60 Å². The number of carbonyl (C=O) groups is 2. The van der Waals surface area contributed by atoms with Gasteiger partial charge >= 0.3 is 6.09 Å². The van der Waals surface area contributed by atoms with Gasteiger partial charge in [0.25, 0.3) is 0 Å². The topological polar surface area (TPSA) is 93.7 Å². The Bertz CT molecular complexity index is 663. The van der Waals surface area contributed by atoms with E-state index in [0.717, 1.165) is 11.4 Å². The van der Waals surface area contributed by atoms with E-state index in [4.69, 9.17) is 10.5 Å². The molecule has 132 valence electrons. The average Bonchev–Trinajstić information content (AvgIpc) is 2.98. The number of hydrogen-bond donors (Lipinski definition) is 1. The van der Waals surface area contributed by atoms with Crippen molar-refractivity contribution in [3.05, 3.63) is 11.9 Å². The molecular weight excluding hydrogens is 310 g/mol. The van der Waals surface area contributed by atoms with Crippen LogP contribution in [0.4, 0.5) is 10.5 Å². The molecule has 0 aliphatic carbocycles. The molecule has 1 aromatic heterocycles.